The van der Waals surface area contributed by atoms with E-state index in [1.165, 1.54) is 44.1 Å². The standard InChI is InChI=1S/C17H28N2/c1-3-17(16-12-8-5-9-13-16)18-19(2)14-15-10-6-4-7-11-15/h4,6-7,10-11,16-18H,3,5,8-9,12-14H2,1-2H3. The van der Waals surface area contributed by atoms with Crippen molar-refractivity contribution in [3.63, 3.8) is 0 Å². The Bertz CT molecular complexity index is 344. The summed E-state index contributed by atoms with van der Waals surface area (Å²) in [6.45, 7) is 3.28. The van der Waals surface area contributed by atoms with E-state index >= 15 is 0 Å². The summed E-state index contributed by atoms with van der Waals surface area (Å²) in [7, 11) is 2.17. The van der Waals surface area contributed by atoms with E-state index in [0.29, 0.717) is 6.04 Å². The molecule has 0 heterocycles. The Labute approximate surface area is 118 Å². The summed E-state index contributed by atoms with van der Waals surface area (Å²) in [5, 5.41) is 2.26. The van der Waals surface area contributed by atoms with Gasteiger partial charge in [-0.15, -0.1) is 0 Å². The highest BCUT2D eigenvalue weighted by Gasteiger charge is 2.22. The minimum atomic E-state index is 0.647. The van der Waals surface area contributed by atoms with E-state index in [0.717, 1.165) is 12.5 Å². The number of nitrogens with zero attached hydrogens (tertiary/aromatic N) is 1. The van der Waals surface area contributed by atoms with Crippen molar-refractivity contribution in [1.82, 2.24) is 10.4 Å². The first-order valence-corrected chi connectivity index (χ1v) is 7.81. The topological polar surface area (TPSA) is 15.3 Å². The van der Waals surface area contributed by atoms with Crippen LogP contribution in [0.25, 0.3) is 0 Å². The number of nitrogens with one attached hydrogen (secondary N) is 1. The van der Waals surface area contributed by atoms with Crippen molar-refractivity contribution in [2.75, 3.05) is 7.05 Å². The van der Waals surface area contributed by atoms with E-state index in [1.807, 2.05) is 0 Å². The van der Waals surface area contributed by atoms with Gasteiger partial charge in [-0.1, -0.05) is 56.5 Å². The fraction of sp³-hybridized carbons (Fsp3) is 0.647. The molecule has 1 atom stereocenters. The molecule has 1 aliphatic rings. The molecule has 1 aliphatic carbocycles. The minimum absolute atomic E-state index is 0.647. The number of hydrazine groups is 1. The zero-order chi connectivity index (χ0) is 13.5. The molecule has 2 rings (SSSR count). The maximum atomic E-state index is 3.72. The van der Waals surface area contributed by atoms with Crippen LogP contribution >= 0.6 is 0 Å². The molecule has 0 bridgehead atoms. The van der Waals surface area contributed by atoms with Crippen LogP contribution in [0.4, 0.5) is 0 Å². The molecule has 1 aromatic rings. The van der Waals surface area contributed by atoms with Gasteiger partial charge >= 0.3 is 0 Å². The molecule has 0 aromatic heterocycles. The summed E-state index contributed by atoms with van der Waals surface area (Å²) in [6.07, 6.45) is 8.32. The summed E-state index contributed by atoms with van der Waals surface area (Å²) in [4.78, 5) is 0. The molecule has 1 saturated carbocycles. The summed E-state index contributed by atoms with van der Waals surface area (Å²) in [5.41, 5.74) is 5.09. The van der Waals surface area contributed by atoms with Gasteiger partial charge in [0, 0.05) is 19.6 Å². The van der Waals surface area contributed by atoms with Crippen LogP contribution in [0.3, 0.4) is 0 Å². The second-order valence-electron chi connectivity index (χ2n) is 5.88. The fourth-order valence-electron chi connectivity index (χ4n) is 3.25. The second-order valence-corrected chi connectivity index (χ2v) is 5.88. The monoisotopic (exact) mass is 260 g/mol. The predicted octanol–water partition coefficient (Wildman–Crippen LogP) is 3.98. The van der Waals surface area contributed by atoms with Crippen LogP contribution in [0.15, 0.2) is 30.3 Å². The van der Waals surface area contributed by atoms with E-state index in [2.05, 4.69) is 54.7 Å². The molecule has 1 fully saturated rings. The summed E-state index contributed by atoms with van der Waals surface area (Å²) >= 11 is 0. The van der Waals surface area contributed by atoms with Gasteiger partial charge in [-0.3, -0.25) is 5.43 Å². The van der Waals surface area contributed by atoms with Crippen LogP contribution in [0.2, 0.25) is 0 Å². The van der Waals surface area contributed by atoms with Gasteiger partial charge in [0.15, 0.2) is 0 Å². The molecule has 2 nitrogen and oxygen atoms in total. The lowest BCUT2D eigenvalue weighted by Crippen LogP contribution is -2.45. The van der Waals surface area contributed by atoms with Crippen LogP contribution in [0.1, 0.15) is 51.0 Å². The van der Waals surface area contributed by atoms with Crippen LogP contribution in [-0.4, -0.2) is 18.1 Å². The smallest absolute Gasteiger partial charge is 0.0378 e. The molecule has 0 radical (unpaired) electrons. The SMILES string of the molecule is CCC(NN(C)Cc1ccccc1)C1CCCCC1. The van der Waals surface area contributed by atoms with Crippen LogP contribution < -0.4 is 5.43 Å². The molecule has 19 heavy (non-hydrogen) atoms. The van der Waals surface area contributed by atoms with Crippen molar-refractivity contribution in [3.05, 3.63) is 35.9 Å². The van der Waals surface area contributed by atoms with Crippen LogP contribution in [-0.2, 0) is 6.54 Å². The Hall–Kier alpha value is -0.860. The first-order valence-electron chi connectivity index (χ1n) is 7.81. The normalized spacial score (nSPS) is 18.7. The third kappa shape index (κ3) is 4.63. The molecule has 0 spiro atoms. The fourth-order valence-corrected chi connectivity index (χ4v) is 3.25. The van der Waals surface area contributed by atoms with Gasteiger partial charge < -0.3 is 0 Å². The van der Waals surface area contributed by atoms with Gasteiger partial charge in [-0.05, 0) is 30.7 Å². The van der Waals surface area contributed by atoms with Crippen molar-refractivity contribution >= 4 is 0 Å². The highest BCUT2D eigenvalue weighted by Crippen LogP contribution is 2.27. The van der Waals surface area contributed by atoms with Crippen LogP contribution in [0.5, 0.6) is 0 Å². The van der Waals surface area contributed by atoms with Gasteiger partial charge in [0.25, 0.3) is 0 Å². The molecule has 1 N–H and O–H groups in total. The largest absolute Gasteiger partial charge is 0.252 e. The van der Waals surface area contributed by atoms with Gasteiger partial charge in [-0.25, -0.2) is 5.01 Å². The Morgan fingerprint density at radius 2 is 1.84 bits per heavy atom. The molecule has 0 aliphatic heterocycles. The molecule has 106 valence electrons. The summed E-state index contributed by atoms with van der Waals surface area (Å²) in [5.74, 6) is 0.872. The highest BCUT2D eigenvalue weighted by atomic mass is 15.5. The first-order chi connectivity index (χ1) is 9.29. The third-order valence-corrected chi connectivity index (χ3v) is 4.31. The predicted molar refractivity (Wildman–Crippen MR) is 81.7 cm³/mol. The van der Waals surface area contributed by atoms with Crippen molar-refractivity contribution in [2.24, 2.45) is 5.92 Å². The quantitative estimate of drug-likeness (QED) is 0.778. The van der Waals surface area contributed by atoms with E-state index in [4.69, 9.17) is 0 Å². The molecule has 1 aromatic carbocycles. The maximum absolute atomic E-state index is 3.72. The molecule has 2 heteroatoms. The van der Waals surface area contributed by atoms with Gasteiger partial charge in [0.05, 0.1) is 0 Å². The van der Waals surface area contributed by atoms with Crippen molar-refractivity contribution in [2.45, 2.75) is 58.0 Å². The van der Waals surface area contributed by atoms with E-state index in [9.17, 15) is 0 Å². The number of benzene rings is 1. The summed E-state index contributed by atoms with van der Waals surface area (Å²) in [6, 6.07) is 11.3. The third-order valence-electron chi connectivity index (χ3n) is 4.31. The average Bonchev–Trinajstić information content (AvgIpc) is 2.47. The van der Waals surface area contributed by atoms with E-state index < -0.39 is 0 Å². The lowest BCUT2D eigenvalue weighted by atomic mass is 9.83. The van der Waals surface area contributed by atoms with E-state index in [1.54, 1.807) is 0 Å². The molecule has 0 amide bonds. The second kappa shape index (κ2) is 7.66. The van der Waals surface area contributed by atoms with Gasteiger partial charge in [-0.2, -0.15) is 0 Å². The van der Waals surface area contributed by atoms with Crippen molar-refractivity contribution in [3.8, 4) is 0 Å². The van der Waals surface area contributed by atoms with E-state index in [-0.39, 0.29) is 0 Å². The lowest BCUT2D eigenvalue weighted by molar-refractivity contribution is 0.134. The van der Waals surface area contributed by atoms with Gasteiger partial charge in [0.2, 0.25) is 0 Å². The zero-order valence-electron chi connectivity index (χ0n) is 12.4. The number of rotatable bonds is 6. The Kier molecular flexibility index (Phi) is 5.87. The number of hydrogen-bond donors (Lipinski definition) is 1. The minimum Gasteiger partial charge on any atom is -0.252 e. The Balaban J connectivity index is 1.83. The highest BCUT2D eigenvalue weighted by molar-refractivity contribution is 5.14. The van der Waals surface area contributed by atoms with Crippen molar-refractivity contribution in [1.29, 1.82) is 0 Å². The Morgan fingerprint density at radius 1 is 1.16 bits per heavy atom. The van der Waals surface area contributed by atoms with Gasteiger partial charge in [0.1, 0.15) is 0 Å². The number of hydrogen-bond acceptors (Lipinski definition) is 2. The summed E-state index contributed by atoms with van der Waals surface area (Å²) < 4.78 is 0. The first kappa shape index (κ1) is 14.5. The lowest BCUT2D eigenvalue weighted by Gasteiger charge is -2.33. The van der Waals surface area contributed by atoms with Crippen LogP contribution in [0, 0.1) is 5.92 Å². The molecule has 0 saturated heterocycles. The molecular weight excluding hydrogens is 232 g/mol. The molecule has 1 unspecified atom stereocenters. The maximum Gasteiger partial charge on any atom is 0.0378 e. The molecular formula is C17H28N2. The van der Waals surface area contributed by atoms with Crippen molar-refractivity contribution < 1.29 is 0 Å². The Morgan fingerprint density at radius 3 is 2.47 bits per heavy atom. The zero-order valence-corrected chi connectivity index (χ0v) is 12.4. The average molecular weight is 260 g/mol.